The zero-order chi connectivity index (χ0) is 10.7. The minimum Gasteiger partial charge on any atom is -0.342 e. The van der Waals surface area contributed by atoms with E-state index in [0.717, 1.165) is 0 Å². The zero-order valence-electron chi connectivity index (χ0n) is 9.08. The molecule has 0 bridgehead atoms. The Hall–Kier alpha value is -1.09. The first-order valence-corrected chi connectivity index (χ1v) is 6.12. The van der Waals surface area contributed by atoms with E-state index in [2.05, 4.69) is 72.0 Å². The summed E-state index contributed by atoms with van der Waals surface area (Å²) in [6.45, 7) is 4.45. The Bertz CT molecular complexity index is 339. The lowest BCUT2D eigenvalue weighted by Gasteiger charge is -2.19. The molecular formula is C12H16N2S. The SMILES string of the molecule is CC(SC(C)n1cccc1)n1cccc1. The van der Waals surface area contributed by atoms with E-state index in [1.165, 1.54) is 0 Å². The number of aromatic nitrogens is 2. The topological polar surface area (TPSA) is 9.86 Å². The molecule has 0 saturated heterocycles. The molecule has 2 rings (SSSR count). The summed E-state index contributed by atoms with van der Waals surface area (Å²) in [7, 11) is 0. The molecule has 0 aliphatic carbocycles. The van der Waals surface area contributed by atoms with Crippen LogP contribution in [0.2, 0.25) is 0 Å². The highest BCUT2D eigenvalue weighted by Gasteiger charge is 2.10. The number of nitrogens with zero attached hydrogens (tertiary/aromatic N) is 2. The van der Waals surface area contributed by atoms with Crippen molar-refractivity contribution in [2.75, 3.05) is 0 Å². The van der Waals surface area contributed by atoms with Gasteiger partial charge in [-0.15, -0.1) is 11.8 Å². The van der Waals surface area contributed by atoms with Crippen molar-refractivity contribution in [1.29, 1.82) is 0 Å². The van der Waals surface area contributed by atoms with E-state index in [1.54, 1.807) is 0 Å². The molecule has 0 fully saturated rings. The highest BCUT2D eigenvalue weighted by molar-refractivity contribution is 7.99. The number of thioether (sulfide) groups is 1. The molecule has 2 unspecified atom stereocenters. The molecule has 3 heteroatoms. The molecular weight excluding hydrogens is 204 g/mol. The molecule has 0 amide bonds. The lowest BCUT2D eigenvalue weighted by atomic mass is 10.7. The van der Waals surface area contributed by atoms with Crippen LogP contribution in [0.15, 0.2) is 49.1 Å². The van der Waals surface area contributed by atoms with E-state index in [9.17, 15) is 0 Å². The molecule has 2 atom stereocenters. The van der Waals surface area contributed by atoms with Gasteiger partial charge in [-0.2, -0.15) is 0 Å². The van der Waals surface area contributed by atoms with Crippen LogP contribution >= 0.6 is 11.8 Å². The van der Waals surface area contributed by atoms with E-state index in [4.69, 9.17) is 0 Å². The van der Waals surface area contributed by atoms with Crippen molar-refractivity contribution in [3.63, 3.8) is 0 Å². The predicted molar refractivity (Wildman–Crippen MR) is 65.9 cm³/mol. The van der Waals surface area contributed by atoms with Crippen LogP contribution in [0.25, 0.3) is 0 Å². The third-order valence-electron chi connectivity index (χ3n) is 2.49. The summed E-state index contributed by atoms with van der Waals surface area (Å²) in [5.41, 5.74) is 0. The molecule has 0 saturated carbocycles. The van der Waals surface area contributed by atoms with Crippen LogP contribution in [-0.2, 0) is 0 Å². The number of hydrogen-bond acceptors (Lipinski definition) is 1. The van der Waals surface area contributed by atoms with Gasteiger partial charge in [-0.25, -0.2) is 0 Å². The Morgan fingerprint density at radius 2 is 1.07 bits per heavy atom. The Morgan fingerprint density at radius 3 is 1.40 bits per heavy atom. The van der Waals surface area contributed by atoms with Gasteiger partial charge in [0.05, 0.1) is 10.7 Å². The molecule has 0 aromatic carbocycles. The van der Waals surface area contributed by atoms with E-state index in [1.807, 2.05) is 11.8 Å². The summed E-state index contributed by atoms with van der Waals surface area (Å²) in [6.07, 6.45) is 8.44. The largest absolute Gasteiger partial charge is 0.342 e. The van der Waals surface area contributed by atoms with E-state index >= 15 is 0 Å². The van der Waals surface area contributed by atoms with Gasteiger partial charge < -0.3 is 9.13 Å². The van der Waals surface area contributed by atoms with Gasteiger partial charge in [0.2, 0.25) is 0 Å². The highest BCUT2D eigenvalue weighted by atomic mass is 32.2. The van der Waals surface area contributed by atoms with Crippen LogP contribution in [0.4, 0.5) is 0 Å². The summed E-state index contributed by atoms with van der Waals surface area (Å²) in [4.78, 5) is 0. The molecule has 15 heavy (non-hydrogen) atoms. The molecule has 0 aliphatic heterocycles. The maximum Gasteiger partial charge on any atom is 0.0780 e. The summed E-state index contributed by atoms with van der Waals surface area (Å²) >= 11 is 1.94. The van der Waals surface area contributed by atoms with Gasteiger partial charge in [-0.3, -0.25) is 0 Å². The van der Waals surface area contributed by atoms with Crippen molar-refractivity contribution in [2.24, 2.45) is 0 Å². The molecule has 2 heterocycles. The quantitative estimate of drug-likeness (QED) is 0.762. The zero-order valence-corrected chi connectivity index (χ0v) is 9.89. The standard InChI is InChI=1S/C12H16N2S/c1-11(13-7-3-4-8-13)15-12(2)14-9-5-6-10-14/h3-12H,1-2H3. The Kier molecular flexibility index (Phi) is 3.21. The average Bonchev–Trinajstić information content (AvgIpc) is 2.91. The molecule has 0 aliphatic rings. The average molecular weight is 220 g/mol. The van der Waals surface area contributed by atoms with Gasteiger partial charge >= 0.3 is 0 Å². The first-order valence-electron chi connectivity index (χ1n) is 5.18. The molecule has 80 valence electrons. The highest BCUT2D eigenvalue weighted by Crippen LogP contribution is 2.33. The van der Waals surface area contributed by atoms with E-state index < -0.39 is 0 Å². The lowest BCUT2D eigenvalue weighted by Crippen LogP contribution is -2.04. The molecule has 2 aromatic rings. The fraction of sp³-hybridized carbons (Fsp3) is 0.333. The van der Waals surface area contributed by atoms with Crippen LogP contribution in [-0.4, -0.2) is 9.13 Å². The molecule has 2 aromatic heterocycles. The summed E-state index contributed by atoms with van der Waals surface area (Å²) in [6, 6.07) is 8.27. The number of hydrogen-bond donors (Lipinski definition) is 0. The van der Waals surface area contributed by atoms with Crippen molar-refractivity contribution < 1.29 is 0 Å². The maximum absolute atomic E-state index is 2.23. The molecule has 0 radical (unpaired) electrons. The minimum atomic E-state index is 0.470. The van der Waals surface area contributed by atoms with Crippen LogP contribution in [0.1, 0.15) is 24.6 Å². The predicted octanol–water partition coefficient (Wildman–Crippen LogP) is 3.76. The van der Waals surface area contributed by atoms with Crippen molar-refractivity contribution >= 4 is 11.8 Å². The van der Waals surface area contributed by atoms with Crippen LogP contribution in [0.5, 0.6) is 0 Å². The van der Waals surface area contributed by atoms with Gasteiger partial charge in [0.25, 0.3) is 0 Å². The Morgan fingerprint density at radius 1 is 0.733 bits per heavy atom. The van der Waals surface area contributed by atoms with Crippen molar-refractivity contribution in [2.45, 2.75) is 24.6 Å². The van der Waals surface area contributed by atoms with Crippen molar-refractivity contribution in [3.8, 4) is 0 Å². The second kappa shape index (κ2) is 4.62. The third kappa shape index (κ3) is 2.48. The third-order valence-corrected chi connectivity index (χ3v) is 3.76. The molecule has 2 nitrogen and oxygen atoms in total. The smallest absolute Gasteiger partial charge is 0.0780 e. The number of rotatable bonds is 4. The summed E-state index contributed by atoms with van der Waals surface area (Å²) in [5, 5.41) is 0.940. The fourth-order valence-corrected chi connectivity index (χ4v) is 2.74. The lowest BCUT2D eigenvalue weighted by molar-refractivity contribution is 0.699. The van der Waals surface area contributed by atoms with Gasteiger partial charge in [-0.05, 0) is 38.1 Å². The Balaban J connectivity index is 1.98. The monoisotopic (exact) mass is 220 g/mol. The maximum atomic E-state index is 2.23. The van der Waals surface area contributed by atoms with E-state index in [0.29, 0.717) is 10.7 Å². The molecule has 0 spiro atoms. The summed E-state index contributed by atoms with van der Waals surface area (Å²) < 4.78 is 4.45. The normalized spacial score (nSPS) is 15.1. The van der Waals surface area contributed by atoms with Crippen LogP contribution < -0.4 is 0 Å². The second-order valence-electron chi connectivity index (χ2n) is 3.60. The Labute approximate surface area is 94.9 Å². The summed E-state index contributed by atoms with van der Waals surface area (Å²) in [5.74, 6) is 0. The van der Waals surface area contributed by atoms with Gasteiger partial charge in [0, 0.05) is 24.8 Å². The van der Waals surface area contributed by atoms with Crippen LogP contribution in [0.3, 0.4) is 0 Å². The van der Waals surface area contributed by atoms with Crippen molar-refractivity contribution in [1.82, 2.24) is 9.13 Å². The second-order valence-corrected chi connectivity index (χ2v) is 5.23. The van der Waals surface area contributed by atoms with Gasteiger partial charge in [0.1, 0.15) is 0 Å². The van der Waals surface area contributed by atoms with Gasteiger partial charge in [-0.1, -0.05) is 0 Å². The first-order chi connectivity index (χ1) is 7.27. The first kappa shape index (κ1) is 10.4. The fourth-order valence-electron chi connectivity index (χ4n) is 1.61. The van der Waals surface area contributed by atoms with Gasteiger partial charge in [0.15, 0.2) is 0 Å². The molecule has 0 N–H and O–H groups in total. The minimum absolute atomic E-state index is 0.470. The van der Waals surface area contributed by atoms with Crippen LogP contribution in [0, 0.1) is 0 Å². The van der Waals surface area contributed by atoms with Crippen molar-refractivity contribution in [3.05, 3.63) is 49.1 Å². The van der Waals surface area contributed by atoms with E-state index in [-0.39, 0.29) is 0 Å².